The first-order chi connectivity index (χ1) is 20.1. The molecule has 10 fully saturated rings. The molecule has 0 aromatic carbocycles. The highest BCUT2D eigenvalue weighted by Gasteiger charge is 2.58. The van der Waals surface area contributed by atoms with E-state index >= 15 is 0 Å². The predicted octanol–water partition coefficient (Wildman–Crippen LogP) is 8.13. The molecule has 2 heterocycles. The van der Waals surface area contributed by atoms with E-state index in [1.807, 2.05) is 5.57 Å². The summed E-state index contributed by atoms with van der Waals surface area (Å²) in [7, 11) is 3.66. The Kier molecular flexibility index (Phi) is 7.36. The number of piperidine rings is 2. The van der Waals surface area contributed by atoms with Crippen molar-refractivity contribution in [2.45, 2.75) is 131 Å². The molecular formula is C37H58N2P2. The Labute approximate surface area is 254 Å². The zero-order chi connectivity index (χ0) is 27.1. The van der Waals surface area contributed by atoms with Gasteiger partial charge in [-0.3, -0.25) is 0 Å². The quantitative estimate of drug-likeness (QED) is 0.292. The van der Waals surface area contributed by atoms with Crippen molar-refractivity contribution >= 4 is 17.2 Å². The maximum Gasteiger partial charge on any atom is 0.0255 e. The zero-order valence-corrected chi connectivity index (χ0v) is 27.7. The van der Waals surface area contributed by atoms with Gasteiger partial charge in [0, 0.05) is 23.2 Å². The van der Waals surface area contributed by atoms with Crippen molar-refractivity contribution in [3.8, 4) is 0 Å². The molecular weight excluding hydrogens is 534 g/mol. The summed E-state index contributed by atoms with van der Waals surface area (Å²) in [5.41, 5.74) is 4.11. The van der Waals surface area contributed by atoms with E-state index in [9.17, 15) is 0 Å². The second kappa shape index (κ2) is 11.0. The van der Waals surface area contributed by atoms with Crippen LogP contribution in [0.3, 0.4) is 0 Å². The molecule has 2 aliphatic heterocycles. The van der Waals surface area contributed by atoms with E-state index in [1.54, 1.807) is 64.2 Å². The van der Waals surface area contributed by atoms with Crippen LogP contribution in [0.2, 0.25) is 0 Å². The van der Waals surface area contributed by atoms with Gasteiger partial charge in [0.05, 0.1) is 0 Å². The molecule has 0 aromatic heterocycles. The lowest BCUT2D eigenvalue weighted by atomic mass is 9.55. The molecule has 2 N–H and O–H groups in total. The lowest BCUT2D eigenvalue weighted by molar-refractivity contribution is 0.0130. The van der Waals surface area contributed by atoms with Crippen LogP contribution in [0.25, 0.3) is 0 Å². The van der Waals surface area contributed by atoms with E-state index in [4.69, 9.17) is 0 Å². The standard InChI is InChI=1S/C37H58N2P2/c40-37(33-8-1-3-10-38-33,34-9-2-4-11-39-34)32-7-5-6-27(32)22-41(35-28-14-23-12-24(16-28)17-29(35)15-23)36-30-18-25-13-26(20-30)21-31(36)19-25/h5-7,23-26,28-36,38-39H,1-4,8-22,40H2. The van der Waals surface area contributed by atoms with E-state index in [0.717, 1.165) is 58.7 Å². The van der Waals surface area contributed by atoms with E-state index in [1.165, 1.54) is 57.8 Å². The van der Waals surface area contributed by atoms with E-state index in [0.29, 0.717) is 18.0 Å². The van der Waals surface area contributed by atoms with Gasteiger partial charge in [-0.05, 0) is 168 Å². The summed E-state index contributed by atoms with van der Waals surface area (Å²) < 4.78 is 0. The van der Waals surface area contributed by atoms with Gasteiger partial charge >= 0.3 is 0 Å². The van der Waals surface area contributed by atoms with Gasteiger partial charge in [0.1, 0.15) is 0 Å². The summed E-state index contributed by atoms with van der Waals surface area (Å²) in [6, 6.07) is 1.25. The van der Waals surface area contributed by atoms with Crippen molar-refractivity contribution in [3.05, 3.63) is 23.8 Å². The first kappa shape index (κ1) is 27.6. The molecule has 0 spiro atoms. The molecule has 9 aliphatic carbocycles. The highest BCUT2D eigenvalue weighted by molar-refractivity contribution is 7.59. The molecule has 8 saturated carbocycles. The summed E-state index contributed by atoms with van der Waals surface area (Å²) in [4.78, 5) is 0. The van der Waals surface area contributed by atoms with Crippen LogP contribution in [0.15, 0.2) is 23.8 Å². The first-order valence-electron chi connectivity index (χ1n) is 18.5. The third kappa shape index (κ3) is 4.68. The Hall–Kier alpha value is 0.260. The number of hydrogen-bond acceptors (Lipinski definition) is 2. The normalized spacial score (nSPS) is 52.0. The Bertz CT molecular complexity index is 922. The molecule has 0 aromatic rings. The fourth-order valence-electron chi connectivity index (χ4n) is 13.9. The zero-order valence-electron chi connectivity index (χ0n) is 25.7. The highest BCUT2D eigenvalue weighted by atomic mass is 31.1. The number of rotatable bonds is 7. The largest absolute Gasteiger partial charge is 0.313 e. The summed E-state index contributed by atoms with van der Waals surface area (Å²) >= 11 is 0. The van der Waals surface area contributed by atoms with Crippen molar-refractivity contribution < 1.29 is 0 Å². The number of allylic oxidation sites excluding steroid dienone is 4. The molecule has 8 bridgehead atoms. The molecule has 11 rings (SSSR count). The van der Waals surface area contributed by atoms with Gasteiger partial charge in [0.25, 0.3) is 0 Å². The molecule has 11 aliphatic rings. The molecule has 4 atom stereocenters. The summed E-state index contributed by atoms with van der Waals surface area (Å²) in [5.74, 6) is 9.45. The van der Waals surface area contributed by atoms with Crippen LogP contribution in [0.5, 0.6) is 0 Å². The lowest BCUT2D eigenvalue weighted by Gasteiger charge is -2.62. The molecule has 226 valence electrons. The fourth-order valence-corrected chi connectivity index (χ4v) is 19.5. The van der Waals surface area contributed by atoms with Gasteiger partial charge < -0.3 is 10.6 Å². The summed E-state index contributed by atoms with van der Waals surface area (Å²) in [5, 5.41) is 8.42. The minimum atomic E-state index is 0.0615. The SMILES string of the molecule is PC(C1CCCCN1)(C1CCCCN1)C1C=CC=C1CP(C1C2CC3CC(C2)CC1C3)C1C2CC3CC(C2)CC1C3. The van der Waals surface area contributed by atoms with Crippen molar-refractivity contribution in [3.63, 3.8) is 0 Å². The molecule has 0 amide bonds. The molecule has 4 unspecified atom stereocenters. The molecule has 41 heavy (non-hydrogen) atoms. The fraction of sp³-hybridized carbons (Fsp3) is 0.892. The van der Waals surface area contributed by atoms with Crippen LogP contribution in [-0.4, -0.2) is 47.8 Å². The second-order valence-electron chi connectivity index (χ2n) is 17.1. The Morgan fingerprint density at radius 2 is 1.12 bits per heavy atom. The summed E-state index contributed by atoms with van der Waals surface area (Å²) in [6.07, 6.45) is 33.8. The average molecular weight is 593 g/mol. The highest BCUT2D eigenvalue weighted by Crippen LogP contribution is 2.72. The molecule has 2 saturated heterocycles. The number of nitrogens with one attached hydrogen (secondary N) is 2. The van der Waals surface area contributed by atoms with Gasteiger partial charge in [-0.15, -0.1) is 9.24 Å². The van der Waals surface area contributed by atoms with Crippen LogP contribution in [0, 0.1) is 53.3 Å². The van der Waals surface area contributed by atoms with Crippen LogP contribution in [-0.2, 0) is 0 Å². The third-order valence-electron chi connectivity index (χ3n) is 14.9. The molecule has 0 radical (unpaired) electrons. The average Bonchev–Trinajstić information content (AvgIpc) is 3.45. The lowest BCUT2D eigenvalue weighted by Crippen LogP contribution is -2.63. The van der Waals surface area contributed by atoms with Crippen molar-refractivity contribution in [1.82, 2.24) is 10.6 Å². The maximum atomic E-state index is 4.10. The Morgan fingerprint density at radius 1 is 0.659 bits per heavy atom. The van der Waals surface area contributed by atoms with Gasteiger partial charge in [-0.25, -0.2) is 0 Å². The first-order valence-corrected chi connectivity index (χ1v) is 20.8. The van der Waals surface area contributed by atoms with Gasteiger partial charge in [0.15, 0.2) is 0 Å². The van der Waals surface area contributed by atoms with E-state index in [-0.39, 0.29) is 13.1 Å². The second-order valence-corrected chi connectivity index (χ2v) is 20.7. The van der Waals surface area contributed by atoms with Crippen molar-refractivity contribution in [2.75, 3.05) is 19.3 Å². The van der Waals surface area contributed by atoms with E-state index in [2.05, 4.69) is 38.1 Å². The van der Waals surface area contributed by atoms with Crippen LogP contribution >= 0.6 is 17.2 Å². The van der Waals surface area contributed by atoms with E-state index < -0.39 is 0 Å². The van der Waals surface area contributed by atoms with Crippen LogP contribution < -0.4 is 10.6 Å². The molecule has 2 nitrogen and oxygen atoms in total. The third-order valence-corrected chi connectivity index (χ3v) is 20.0. The smallest absolute Gasteiger partial charge is 0.0255 e. The number of hydrogen-bond donors (Lipinski definition) is 2. The van der Waals surface area contributed by atoms with Crippen LogP contribution in [0.4, 0.5) is 0 Å². The summed E-state index contributed by atoms with van der Waals surface area (Å²) in [6.45, 7) is 2.44. The monoisotopic (exact) mass is 592 g/mol. The Balaban J connectivity index is 1.06. The van der Waals surface area contributed by atoms with Crippen molar-refractivity contribution in [2.24, 2.45) is 53.3 Å². The van der Waals surface area contributed by atoms with Crippen LogP contribution in [0.1, 0.15) is 103 Å². The van der Waals surface area contributed by atoms with Gasteiger partial charge in [-0.2, -0.15) is 0 Å². The molecule has 4 heteroatoms. The van der Waals surface area contributed by atoms with Gasteiger partial charge in [0.2, 0.25) is 0 Å². The minimum absolute atomic E-state index is 0.0615. The predicted molar refractivity (Wildman–Crippen MR) is 178 cm³/mol. The maximum absolute atomic E-state index is 4.10. The van der Waals surface area contributed by atoms with Gasteiger partial charge in [-0.1, -0.05) is 44.6 Å². The minimum Gasteiger partial charge on any atom is -0.313 e. The Morgan fingerprint density at radius 3 is 1.54 bits per heavy atom. The van der Waals surface area contributed by atoms with Crippen molar-refractivity contribution in [1.29, 1.82) is 0 Å². The topological polar surface area (TPSA) is 24.1 Å².